The summed E-state index contributed by atoms with van der Waals surface area (Å²) in [6.45, 7) is -0.759. The number of carbonyl (C=O) groups excluding carboxylic acids is 1. The van der Waals surface area contributed by atoms with E-state index in [1.54, 1.807) is 0 Å². The molecule has 0 fully saturated rings. The first-order valence-electron chi connectivity index (χ1n) is 5.72. The number of carbonyl (C=O) groups is 1. The Kier molecular flexibility index (Phi) is 3.49. The fourth-order valence-electron chi connectivity index (χ4n) is 2.20. The maximum atomic E-state index is 13.2. The van der Waals surface area contributed by atoms with Crippen LogP contribution < -0.4 is 10.6 Å². The van der Waals surface area contributed by atoms with Crippen LogP contribution in [0.1, 0.15) is 12.0 Å². The molecule has 2 rings (SSSR count). The van der Waals surface area contributed by atoms with Gasteiger partial charge < -0.3 is 5.73 Å². The maximum absolute atomic E-state index is 13.2. The predicted octanol–water partition coefficient (Wildman–Crippen LogP) is 1.99. The number of hydrogen-bond donors (Lipinski definition) is 1. The summed E-state index contributed by atoms with van der Waals surface area (Å²) >= 11 is 0. The van der Waals surface area contributed by atoms with Crippen LogP contribution in [0.15, 0.2) is 18.2 Å². The van der Waals surface area contributed by atoms with Gasteiger partial charge in [-0.15, -0.1) is 0 Å². The van der Waals surface area contributed by atoms with Crippen molar-refractivity contribution in [2.45, 2.75) is 25.1 Å². The van der Waals surface area contributed by atoms with Crippen molar-refractivity contribution in [1.29, 1.82) is 0 Å². The zero-order valence-corrected chi connectivity index (χ0v) is 9.88. The molecular formula is C12H12F4N2O. The lowest BCUT2D eigenvalue weighted by Gasteiger charge is -2.36. The fourth-order valence-corrected chi connectivity index (χ4v) is 2.20. The Morgan fingerprint density at radius 2 is 2.00 bits per heavy atom. The third-order valence-electron chi connectivity index (χ3n) is 3.10. The van der Waals surface area contributed by atoms with Gasteiger partial charge in [0.05, 0.1) is 5.69 Å². The van der Waals surface area contributed by atoms with E-state index in [1.807, 2.05) is 0 Å². The SMILES string of the molecule is NCC(N1C(=O)CCc2ccc(F)cc21)C(F)(F)F. The van der Waals surface area contributed by atoms with Gasteiger partial charge in [-0.05, 0) is 24.1 Å². The van der Waals surface area contributed by atoms with Crippen molar-refractivity contribution in [2.75, 3.05) is 11.4 Å². The van der Waals surface area contributed by atoms with Crippen molar-refractivity contribution in [3.8, 4) is 0 Å². The van der Waals surface area contributed by atoms with Crippen LogP contribution in [0.5, 0.6) is 0 Å². The van der Waals surface area contributed by atoms with Gasteiger partial charge in [0.15, 0.2) is 0 Å². The molecule has 1 aromatic carbocycles. The second-order valence-electron chi connectivity index (χ2n) is 4.33. The number of alkyl halides is 3. The molecule has 0 radical (unpaired) electrons. The number of fused-ring (bicyclic) bond motifs is 1. The summed E-state index contributed by atoms with van der Waals surface area (Å²) < 4.78 is 51.9. The Morgan fingerprint density at radius 3 is 2.58 bits per heavy atom. The van der Waals surface area contributed by atoms with E-state index < -0.39 is 30.5 Å². The molecule has 19 heavy (non-hydrogen) atoms. The van der Waals surface area contributed by atoms with Crippen LogP contribution in [0.25, 0.3) is 0 Å². The molecule has 3 nitrogen and oxygen atoms in total. The molecule has 0 bridgehead atoms. The minimum Gasteiger partial charge on any atom is -0.328 e. The number of aryl methyl sites for hydroxylation is 1. The van der Waals surface area contributed by atoms with Crippen LogP contribution in [-0.4, -0.2) is 24.7 Å². The molecule has 1 heterocycles. The molecule has 0 aromatic heterocycles. The zero-order valence-electron chi connectivity index (χ0n) is 9.88. The molecule has 0 aliphatic carbocycles. The minimum atomic E-state index is -4.65. The fraction of sp³-hybridized carbons (Fsp3) is 0.417. The molecule has 104 valence electrons. The molecule has 1 unspecified atom stereocenters. The van der Waals surface area contributed by atoms with Crippen LogP contribution >= 0.6 is 0 Å². The quantitative estimate of drug-likeness (QED) is 0.840. The molecule has 1 amide bonds. The Balaban J connectivity index is 2.50. The van der Waals surface area contributed by atoms with Gasteiger partial charge >= 0.3 is 6.18 Å². The largest absolute Gasteiger partial charge is 0.410 e. The van der Waals surface area contributed by atoms with Crippen LogP contribution in [0.2, 0.25) is 0 Å². The van der Waals surface area contributed by atoms with E-state index >= 15 is 0 Å². The highest BCUT2D eigenvalue weighted by Crippen LogP contribution is 2.35. The second-order valence-corrected chi connectivity index (χ2v) is 4.33. The van der Waals surface area contributed by atoms with Gasteiger partial charge in [0.25, 0.3) is 0 Å². The van der Waals surface area contributed by atoms with Crippen molar-refractivity contribution in [1.82, 2.24) is 0 Å². The number of nitrogens with zero attached hydrogens (tertiary/aromatic N) is 1. The average Bonchev–Trinajstić information content (AvgIpc) is 2.31. The van der Waals surface area contributed by atoms with Crippen LogP contribution in [0, 0.1) is 5.82 Å². The van der Waals surface area contributed by atoms with Crippen molar-refractivity contribution in [2.24, 2.45) is 5.73 Å². The molecule has 0 saturated carbocycles. The highest BCUT2D eigenvalue weighted by molar-refractivity contribution is 5.97. The van der Waals surface area contributed by atoms with Gasteiger partial charge in [-0.2, -0.15) is 13.2 Å². The highest BCUT2D eigenvalue weighted by Gasteiger charge is 2.46. The first kappa shape index (κ1) is 13.8. The summed E-state index contributed by atoms with van der Waals surface area (Å²) in [6.07, 6.45) is -4.38. The summed E-state index contributed by atoms with van der Waals surface area (Å²) in [6, 6.07) is 1.38. The van der Waals surface area contributed by atoms with E-state index in [-0.39, 0.29) is 12.1 Å². The van der Waals surface area contributed by atoms with Gasteiger partial charge in [0.2, 0.25) is 5.91 Å². The Hall–Kier alpha value is -1.63. The topological polar surface area (TPSA) is 46.3 Å². The number of halogens is 4. The summed E-state index contributed by atoms with van der Waals surface area (Å²) in [5, 5.41) is 0. The average molecular weight is 276 g/mol. The smallest absolute Gasteiger partial charge is 0.328 e. The van der Waals surface area contributed by atoms with Crippen LogP contribution in [0.3, 0.4) is 0 Å². The van der Waals surface area contributed by atoms with Crippen molar-refractivity contribution in [3.05, 3.63) is 29.6 Å². The zero-order chi connectivity index (χ0) is 14.2. The van der Waals surface area contributed by atoms with Gasteiger partial charge in [-0.25, -0.2) is 4.39 Å². The van der Waals surface area contributed by atoms with E-state index in [4.69, 9.17) is 5.73 Å². The molecule has 7 heteroatoms. The lowest BCUT2D eigenvalue weighted by atomic mass is 9.99. The number of nitrogens with two attached hydrogens (primary N) is 1. The monoisotopic (exact) mass is 276 g/mol. The van der Waals surface area contributed by atoms with E-state index in [9.17, 15) is 22.4 Å². The second kappa shape index (κ2) is 4.80. The number of benzene rings is 1. The van der Waals surface area contributed by atoms with E-state index in [0.29, 0.717) is 16.9 Å². The molecule has 1 atom stereocenters. The Morgan fingerprint density at radius 1 is 1.32 bits per heavy atom. The maximum Gasteiger partial charge on any atom is 0.410 e. The lowest BCUT2D eigenvalue weighted by Crippen LogP contribution is -2.54. The van der Waals surface area contributed by atoms with Crippen molar-refractivity contribution >= 4 is 11.6 Å². The normalized spacial score (nSPS) is 17.3. The molecule has 0 saturated heterocycles. The van der Waals surface area contributed by atoms with Gasteiger partial charge in [-0.3, -0.25) is 9.69 Å². The molecule has 2 N–H and O–H groups in total. The predicted molar refractivity (Wildman–Crippen MR) is 61.1 cm³/mol. The Labute approximate surface area is 107 Å². The molecule has 1 aliphatic rings. The van der Waals surface area contributed by atoms with Gasteiger partial charge in [-0.1, -0.05) is 6.07 Å². The molecule has 0 spiro atoms. The minimum absolute atomic E-state index is 0.0365. The summed E-state index contributed by atoms with van der Waals surface area (Å²) in [5.41, 5.74) is 5.62. The van der Waals surface area contributed by atoms with Gasteiger partial charge in [0.1, 0.15) is 11.9 Å². The first-order valence-corrected chi connectivity index (χ1v) is 5.72. The summed E-state index contributed by atoms with van der Waals surface area (Å²) in [5.74, 6) is -1.37. The number of anilines is 1. The first-order chi connectivity index (χ1) is 8.84. The van der Waals surface area contributed by atoms with Crippen LogP contribution in [-0.2, 0) is 11.2 Å². The third-order valence-corrected chi connectivity index (χ3v) is 3.10. The highest BCUT2D eigenvalue weighted by atomic mass is 19.4. The number of amides is 1. The number of rotatable bonds is 2. The van der Waals surface area contributed by atoms with E-state index in [2.05, 4.69) is 0 Å². The van der Waals surface area contributed by atoms with E-state index in [0.717, 1.165) is 12.1 Å². The van der Waals surface area contributed by atoms with Crippen molar-refractivity contribution in [3.63, 3.8) is 0 Å². The summed E-state index contributed by atoms with van der Waals surface area (Å²) in [4.78, 5) is 12.3. The van der Waals surface area contributed by atoms with E-state index in [1.165, 1.54) is 6.07 Å². The molecule has 1 aromatic rings. The third kappa shape index (κ3) is 2.56. The number of hydrogen-bond acceptors (Lipinski definition) is 2. The Bertz CT molecular complexity index is 501. The molecular weight excluding hydrogens is 264 g/mol. The summed E-state index contributed by atoms with van der Waals surface area (Å²) in [7, 11) is 0. The van der Waals surface area contributed by atoms with Gasteiger partial charge in [0, 0.05) is 13.0 Å². The lowest BCUT2D eigenvalue weighted by molar-refractivity contribution is -0.152. The van der Waals surface area contributed by atoms with Crippen LogP contribution in [0.4, 0.5) is 23.2 Å². The standard InChI is InChI=1S/C12H12F4N2O/c13-8-3-1-7-2-4-11(19)18(9(7)5-8)10(6-17)12(14,15)16/h1,3,5,10H,2,4,6,17H2. The van der Waals surface area contributed by atoms with Crippen molar-refractivity contribution < 1.29 is 22.4 Å². The molecule has 1 aliphatic heterocycles.